The molecule has 0 radical (unpaired) electrons. The van der Waals surface area contributed by atoms with Crippen molar-refractivity contribution in [3.8, 4) is 5.75 Å². The maximum atomic E-state index is 11.9. The number of nitrogens with one attached hydrogen (secondary N) is 1. The quantitative estimate of drug-likeness (QED) is 0.641. The van der Waals surface area contributed by atoms with Gasteiger partial charge in [0.1, 0.15) is 17.3 Å². The summed E-state index contributed by atoms with van der Waals surface area (Å²) in [6.07, 6.45) is 0. The minimum Gasteiger partial charge on any atom is -0.482 e. The minimum absolute atomic E-state index is 0.285. The molecule has 0 aromatic heterocycles. The molecule has 1 amide bonds. The Morgan fingerprint density at radius 3 is 2.79 bits per heavy atom. The zero-order valence-electron chi connectivity index (χ0n) is 10.8. The molecule has 0 spiro atoms. The molecule has 0 saturated carbocycles. The zero-order valence-corrected chi connectivity index (χ0v) is 12.4. The highest BCUT2D eigenvalue weighted by Gasteiger charge is 2.17. The van der Waals surface area contributed by atoms with Crippen LogP contribution in [-0.2, 0) is 9.53 Å². The van der Waals surface area contributed by atoms with Crippen LogP contribution in [0.4, 0.5) is 0 Å². The molecule has 0 aliphatic heterocycles. The molecule has 1 unspecified atom stereocenters. The molecule has 6 heteroatoms. The Balaban J connectivity index is 2.67. The van der Waals surface area contributed by atoms with Crippen LogP contribution < -0.4 is 10.1 Å². The molecular formula is C13H16BrNO4. The first-order chi connectivity index (χ1) is 9.08. The molecule has 5 nitrogen and oxygen atoms in total. The topological polar surface area (TPSA) is 64.6 Å². The van der Waals surface area contributed by atoms with Crippen LogP contribution in [0.15, 0.2) is 24.3 Å². The van der Waals surface area contributed by atoms with Crippen LogP contribution in [0.1, 0.15) is 24.2 Å². The number of hydrogen-bond acceptors (Lipinski definition) is 4. The number of hydrogen-bond donors (Lipinski definition) is 1. The van der Waals surface area contributed by atoms with Crippen LogP contribution in [0.3, 0.4) is 0 Å². The van der Waals surface area contributed by atoms with E-state index < -0.39 is 12.0 Å². The fourth-order valence-corrected chi connectivity index (χ4v) is 1.66. The molecule has 1 aromatic rings. The van der Waals surface area contributed by atoms with Gasteiger partial charge < -0.3 is 14.8 Å². The van der Waals surface area contributed by atoms with Gasteiger partial charge in [0.15, 0.2) is 0 Å². The van der Waals surface area contributed by atoms with Crippen LogP contribution in [0.25, 0.3) is 0 Å². The van der Waals surface area contributed by atoms with Crippen LogP contribution in [0.5, 0.6) is 5.75 Å². The van der Waals surface area contributed by atoms with Gasteiger partial charge >= 0.3 is 5.97 Å². The molecular weight excluding hydrogens is 314 g/mol. The summed E-state index contributed by atoms with van der Waals surface area (Å²) < 4.78 is 10.1. The van der Waals surface area contributed by atoms with Gasteiger partial charge in [0.2, 0.25) is 0 Å². The third kappa shape index (κ3) is 4.90. The summed E-state index contributed by atoms with van der Waals surface area (Å²) in [7, 11) is 0. The van der Waals surface area contributed by atoms with Crippen molar-refractivity contribution in [1.29, 1.82) is 0 Å². The largest absolute Gasteiger partial charge is 0.482 e. The monoisotopic (exact) mass is 329 g/mol. The van der Waals surface area contributed by atoms with Gasteiger partial charge in [-0.05, 0) is 48.0 Å². The number of rotatable bonds is 6. The number of carbonyl (C=O) groups excluding carboxylic acids is 2. The van der Waals surface area contributed by atoms with E-state index >= 15 is 0 Å². The average Bonchev–Trinajstić information content (AvgIpc) is 2.39. The first-order valence-electron chi connectivity index (χ1n) is 5.84. The Hall–Kier alpha value is -1.56. The van der Waals surface area contributed by atoms with Crippen molar-refractivity contribution in [1.82, 2.24) is 5.32 Å². The van der Waals surface area contributed by atoms with Crippen molar-refractivity contribution in [2.75, 3.05) is 12.1 Å². The summed E-state index contributed by atoms with van der Waals surface area (Å²) in [6, 6.07) is 6.02. The molecule has 0 aliphatic rings. The number of ether oxygens (including phenoxy) is 2. The summed E-state index contributed by atoms with van der Waals surface area (Å²) in [5.74, 6) is -0.224. The van der Waals surface area contributed by atoms with Gasteiger partial charge in [-0.1, -0.05) is 6.07 Å². The van der Waals surface area contributed by atoms with E-state index in [0.717, 1.165) is 0 Å². The third-order valence-corrected chi connectivity index (χ3v) is 2.53. The summed E-state index contributed by atoms with van der Waals surface area (Å²) in [6.45, 7) is 3.58. The van der Waals surface area contributed by atoms with E-state index in [1.807, 2.05) is 0 Å². The van der Waals surface area contributed by atoms with E-state index in [1.165, 1.54) is 0 Å². The second kappa shape index (κ2) is 7.78. The number of carbonyl (C=O) groups is 2. The van der Waals surface area contributed by atoms with E-state index in [0.29, 0.717) is 16.8 Å². The maximum Gasteiger partial charge on any atom is 0.328 e. The van der Waals surface area contributed by atoms with Gasteiger partial charge in [0, 0.05) is 5.56 Å². The number of benzene rings is 1. The lowest BCUT2D eigenvalue weighted by Gasteiger charge is -2.13. The normalized spacial score (nSPS) is 11.5. The molecule has 1 rings (SSSR count). The lowest BCUT2D eigenvalue weighted by atomic mass is 10.2. The number of esters is 1. The van der Waals surface area contributed by atoms with Crippen molar-refractivity contribution in [2.45, 2.75) is 19.9 Å². The summed E-state index contributed by atoms with van der Waals surface area (Å²) in [4.78, 5) is 23.3. The molecule has 19 heavy (non-hydrogen) atoms. The fourth-order valence-electron chi connectivity index (χ4n) is 1.40. The Bertz CT molecular complexity index is 450. The van der Waals surface area contributed by atoms with Gasteiger partial charge in [0.25, 0.3) is 5.91 Å². The molecule has 0 aliphatic carbocycles. The van der Waals surface area contributed by atoms with Crippen molar-refractivity contribution >= 4 is 27.8 Å². The standard InChI is InChI=1S/C13H16BrNO4/c1-3-18-13(17)9(2)15-12(16)10-5-4-6-11(7-10)19-8-14/h4-7,9H,3,8H2,1-2H3,(H,15,16). The van der Waals surface area contributed by atoms with Gasteiger partial charge in [-0.2, -0.15) is 0 Å². The van der Waals surface area contributed by atoms with E-state index in [1.54, 1.807) is 38.1 Å². The van der Waals surface area contributed by atoms with E-state index in [9.17, 15) is 9.59 Å². The average molecular weight is 330 g/mol. The Morgan fingerprint density at radius 1 is 1.42 bits per heavy atom. The van der Waals surface area contributed by atoms with E-state index in [4.69, 9.17) is 9.47 Å². The molecule has 0 heterocycles. The lowest BCUT2D eigenvalue weighted by molar-refractivity contribution is -0.144. The van der Waals surface area contributed by atoms with Crippen LogP contribution in [-0.4, -0.2) is 30.0 Å². The predicted molar refractivity (Wildman–Crippen MR) is 74.4 cm³/mol. The molecule has 0 bridgehead atoms. The highest BCUT2D eigenvalue weighted by atomic mass is 79.9. The lowest BCUT2D eigenvalue weighted by Crippen LogP contribution is -2.39. The van der Waals surface area contributed by atoms with Crippen molar-refractivity contribution in [2.24, 2.45) is 0 Å². The third-order valence-electron chi connectivity index (χ3n) is 2.31. The molecule has 104 valence electrons. The van der Waals surface area contributed by atoms with Crippen molar-refractivity contribution in [3.63, 3.8) is 0 Å². The maximum absolute atomic E-state index is 11.9. The Labute approximate surface area is 120 Å². The SMILES string of the molecule is CCOC(=O)C(C)NC(=O)c1cccc(OCBr)c1. The minimum atomic E-state index is -0.687. The van der Waals surface area contributed by atoms with Gasteiger partial charge in [-0.25, -0.2) is 4.79 Å². The van der Waals surface area contributed by atoms with Crippen LogP contribution in [0.2, 0.25) is 0 Å². The predicted octanol–water partition coefficient (Wildman–Crippen LogP) is 2.10. The Morgan fingerprint density at radius 2 is 2.16 bits per heavy atom. The molecule has 0 fully saturated rings. The van der Waals surface area contributed by atoms with Gasteiger partial charge in [0.05, 0.1) is 6.61 Å². The molecule has 1 aromatic carbocycles. The first kappa shape index (κ1) is 15.5. The molecule has 1 N–H and O–H groups in total. The summed E-state index contributed by atoms with van der Waals surface area (Å²) in [5.41, 5.74) is 0.770. The van der Waals surface area contributed by atoms with Crippen LogP contribution >= 0.6 is 15.9 Å². The number of alkyl halides is 1. The second-order valence-electron chi connectivity index (χ2n) is 3.73. The van der Waals surface area contributed by atoms with Crippen LogP contribution in [0, 0.1) is 0 Å². The highest BCUT2D eigenvalue weighted by molar-refractivity contribution is 9.09. The summed E-state index contributed by atoms with van der Waals surface area (Å²) >= 11 is 3.14. The summed E-state index contributed by atoms with van der Waals surface area (Å²) in [5, 5.41) is 2.57. The van der Waals surface area contributed by atoms with Crippen molar-refractivity contribution < 1.29 is 19.1 Å². The molecule has 0 saturated heterocycles. The van der Waals surface area contributed by atoms with Gasteiger partial charge in [-0.15, -0.1) is 0 Å². The first-order valence-corrected chi connectivity index (χ1v) is 6.97. The Kier molecular flexibility index (Phi) is 6.35. The number of amides is 1. The van der Waals surface area contributed by atoms with E-state index in [-0.39, 0.29) is 12.5 Å². The number of halogens is 1. The second-order valence-corrected chi connectivity index (χ2v) is 4.19. The van der Waals surface area contributed by atoms with E-state index in [2.05, 4.69) is 21.2 Å². The fraction of sp³-hybridized carbons (Fsp3) is 0.385. The van der Waals surface area contributed by atoms with Crippen molar-refractivity contribution in [3.05, 3.63) is 29.8 Å². The smallest absolute Gasteiger partial charge is 0.328 e. The molecule has 1 atom stereocenters. The van der Waals surface area contributed by atoms with Gasteiger partial charge in [-0.3, -0.25) is 4.79 Å². The highest BCUT2D eigenvalue weighted by Crippen LogP contribution is 2.14. The zero-order chi connectivity index (χ0) is 14.3.